The minimum Gasteiger partial charge on any atom is -0.310 e. The molecule has 0 atom stereocenters. The van der Waals surface area contributed by atoms with Crippen molar-refractivity contribution >= 4 is 70.9 Å². The van der Waals surface area contributed by atoms with Crippen LogP contribution in [-0.2, 0) is 5.41 Å². The van der Waals surface area contributed by atoms with E-state index in [2.05, 4.69) is 207 Å². The summed E-state index contributed by atoms with van der Waals surface area (Å²) in [6, 6.07) is 69.9. The summed E-state index contributed by atoms with van der Waals surface area (Å²) in [5.41, 5.74) is 11.2. The molecule has 0 N–H and O–H groups in total. The van der Waals surface area contributed by atoms with Crippen LogP contribution in [0.25, 0.3) is 76.1 Å². The zero-order valence-electron chi connectivity index (χ0n) is 30.3. The summed E-state index contributed by atoms with van der Waals surface area (Å²) in [5.74, 6) is 0. The zero-order chi connectivity index (χ0) is 36.0. The normalized spacial score (nSPS) is 13.1. The Labute approximate surface area is 315 Å². The number of anilines is 3. The second-order valence-corrected chi connectivity index (χ2v) is 15.3. The van der Waals surface area contributed by atoms with Gasteiger partial charge in [0.1, 0.15) is 0 Å². The van der Waals surface area contributed by atoms with Gasteiger partial charge in [0.25, 0.3) is 0 Å². The number of nitrogens with zero attached hydrogens (tertiary/aromatic N) is 1. The Morgan fingerprint density at radius 1 is 0.352 bits per heavy atom. The van der Waals surface area contributed by atoms with Crippen LogP contribution >= 0.6 is 0 Å². The van der Waals surface area contributed by atoms with E-state index in [0.717, 1.165) is 11.4 Å². The molecule has 0 bridgehead atoms. The molecule has 0 amide bonds. The third kappa shape index (κ3) is 4.58. The molecule has 0 radical (unpaired) electrons. The summed E-state index contributed by atoms with van der Waals surface area (Å²) in [7, 11) is 0. The molecule has 1 nitrogen and oxygen atoms in total. The maximum absolute atomic E-state index is 2.49. The molecule has 0 aliphatic heterocycles. The summed E-state index contributed by atoms with van der Waals surface area (Å²) in [6.45, 7) is 4.71. The number of hydrogen-bond donors (Lipinski definition) is 0. The van der Waals surface area contributed by atoms with Gasteiger partial charge in [0.2, 0.25) is 0 Å². The van der Waals surface area contributed by atoms with E-state index in [-0.39, 0.29) is 5.41 Å². The minimum absolute atomic E-state index is 0.0647. The molecule has 0 saturated heterocycles. The lowest BCUT2D eigenvalue weighted by molar-refractivity contribution is 0.660. The first-order valence-corrected chi connectivity index (χ1v) is 18.9. The molecule has 1 heteroatoms. The predicted molar refractivity (Wildman–Crippen MR) is 232 cm³/mol. The minimum atomic E-state index is -0.0647. The van der Waals surface area contributed by atoms with Gasteiger partial charge in [0.05, 0.1) is 5.69 Å². The van der Waals surface area contributed by atoms with Crippen LogP contribution in [0, 0.1) is 0 Å². The van der Waals surface area contributed by atoms with Crippen molar-refractivity contribution in [1.29, 1.82) is 0 Å². The second kappa shape index (κ2) is 11.7. The van der Waals surface area contributed by atoms with Gasteiger partial charge in [-0.15, -0.1) is 0 Å². The maximum Gasteiger partial charge on any atom is 0.0546 e. The van der Waals surface area contributed by atoms with Gasteiger partial charge in [-0.05, 0) is 118 Å². The van der Waals surface area contributed by atoms with Gasteiger partial charge in [-0.25, -0.2) is 0 Å². The smallest absolute Gasteiger partial charge is 0.0546 e. The van der Waals surface area contributed by atoms with Crippen LogP contribution in [0.5, 0.6) is 0 Å². The molecule has 1 aliphatic carbocycles. The van der Waals surface area contributed by atoms with Crippen molar-refractivity contribution in [2.24, 2.45) is 0 Å². The highest BCUT2D eigenvalue weighted by Crippen LogP contribution is 2.52. The lowest BCUT2D eigenvalue weighted by atomic mass is 9.82. The van der Waals surface area contributed by atoms with Crippen LogP contribution in [0.4, 0.5) is 17.1 Å². The summed E-state index contributed by atoms with van der Waals surface area (Å²) >= 11 is 0. The predicted octanol–water partition coefficient (Wildman–Crippen LogP) is 14.9. The fourth-order valence-electron chi connectivity index (χ4n) is 9.33. The van der Waals surface area contributed by atoms with Crippen molar-refractivity contribution in [2.45, 2.75) is 19.3 Å². The van der Waals surface area contributed by atoms with Crippen LogP contribution in [0.2, 0.25) is 0 Å². The quantitative estimate of drug-likeness (QED) is 0.167. The standard InChI is InChI=1S/C53H37N/c1-53(2)48-21-10-9-18-44(48)47-33-42(28-29-49(47)53)54(41-16-11-15-38(31-41)39-26-22-34-12-3-4-14-37(34)30-39)50-32-40-27-25-36-24-23-35-13-5-6-17-43(35)51(36)52(40)46-20-8-7-19-45(46)50/h3-33H,1-2H3. The fraction of sp³-hybridized carbons (Fsp3) is 0.0566. The lowest BCUT2D eigenvalue weighted by Crippen LogP contribution is -2.15. The highest BCUT2D eigenvalue weighted by Gasteiger charge is 2.35. The molecule has 11 rings (SSSR count). The highest BCUT2D eigenvalue weighted by molar-refractivity contribution is 6.29. The van der Waals surface area contributed by atoms with Crippen molar-refractivity contribution in [3.63, 3.8) is 0 Å². The van der Waals surface area contributed by atoms with Crippen LogP contribution in [0.1, 0.15) is 25.0 Å². The Morgan fingerprint density at radius 2 is 0.963 bits per heavy atom. The van der Waals surface area contributed by atoms with Crippen LogP contribution in [0.15, 0.2) is 188 Å². The molecule has 0 fully saturated rings. The zero-order valence-corrected chi connectivity index (χ0v) is 30.3. The topological polar surface area (TPSA) is 3.24 Å². The van der Waals surface area contributed by atoms with Crippen molar-refractivity contribution in [3.8, 4) is 22.3 Å². The van der Waals surface area contributed by atoms with Crippen LogP contribution < -0.4 is 4.90 Å². The van der Waals surface area contributed by atoms with E-state index in [0.29, 0.717) is 0 Å². The number of hydrogen-bond acceptors (Lipinski definition) is 1. The highest BCUT2D eigenvalue weighted by atomic mass is 15.1. The molecule has 10 aromatic rings. The maximum atomic E-state index is 2.49. The Balaban J connectivity index is 1.20. The molecular formula is C53H37N. The van der Waals surface area contributed by atoms with Crippen LogP contribution in [0.3, 0.4) is 0 Å². The molecule has 0 aromatic heterocycles. The van der Waals surface area contributed by atoms with E-state index >= 15 is 0 Å². The summed E-state index contributed by atoms with van der Waals surface area (Å²) in [4.78, 5) is 2.49. The van der Waals surface area contributed by atoms with Gasteiger partial charge < -0.3 is 4.90 Å². The lowest BCUT2D eigenvalue weighted by Gasteiger charge is -2.29. The van der Waals surface area contributed by atoms with Gasteiger partial charge in [-0.3, -0.25) is 0 Å². The van der Waals surface area contributed by atoms with E-state index < -0.39 is 0 Å². The molecule has 0 saturated carbocycles. The van der Waals surface area contributed by atoms with E-state index in [1.807, 2.05) is 0 Å². The first-order valence-electron chi connectivity index (χ1n) is 18.9. The molecule has 254 valence electrons. The summed E-state index contributed by atoms with van der Waals surface area (Å²) in [6.07, 6.45) is 0. The van der Waals surface area contributed by atoms with Gasteiger partial charge in [-0.2, -0.15) is 0 Å². The van der Waals surface area contributed by atoms with Gasteiger partial charge >= 0.3 is 0 Å². The monoisotopic (exact) mass is 687 g/mol. The number of benzene rings is 10. The Kier molecular flexibility index (Phi) is 6.66. The van der Waals surface area contributed by atoms with Crippen molar-refractivity contribution in [2.75, 3.05) is 4.90 Å². The summed E-state index contributed by atoms with van der Waals surface area (Å²) < 4.78 is 0. The average molecular weight is 688 g/mol. The second-order valence-electron chi connectivity index (χ2n) is 15.3. The number of rotatable bonds is 4. The molecule has 54 heavy (non-hydrogen) atoms. The van der Waals surface area contributed by atoms with Crippen molar-refractivity contribution in [3.05, 3.63) is 199 Å². The largest absolute Gasteiger partial charge is 0.310 e. The van der Waals surface area contributed by atoms with E-state index in [1.54, 1.807) is 0 Å². The van der Waals surface area contributed by atoms with Crippen molar-refractivity contribution < 1.29 is 0 Å². The average Bonchev–Trinajstić information content (AvgIpc) is 3.46. The Morgan fingerprint density at radius 3 is 1.83 bits per heavy atom. The Hall–Kier alpha value is -6.70. The molecular weight excluding hydrogens is 651 g/mol. The SMILES string of the molecule is CC1(C)c2ccccc2-c2cc(N(c3cccc(-c4ccc5ccccc5c4)c3)c3cc4ccc5ccc6ccccc6c5c4c4ccccc34)ccc21. The molecule has 10 aromatic carbocycles. The number of fused-ring (bicyclic) bond motifs is 11. The molecule has 1 aliphatic rings. The first kappa shape index (κ1) is 30.9. The first-order chi connectivity index (χ1) is 26.5. The molecule has 0 unspecified atom stereocenters. The van der Waals surface area contributed by atoms with E-state index in [4.69, 9.17) is 0 Å². The van der Waals surface area contributed by atoms with Gasteiger partial charge in [0, 0.05) is 22.2 Å². The molecule has 0 heterocycles. The van der Waals surface area contributed by atoms with E-state index in [1.165, 1.54) is 92.9 Å². The Bertz CT molecular complexity index is 3150. The fourth-order valence-corrected chi connectivity index (χ4v) is 9.33. The van der Waals surface area contributed by atoms with Crippen molar-refractivity contribution in [1.82, 2.24) is 0 Å². The van der Waals surface area contributed by atoms with Crippen LogP contribution in [-0.4, -0.2) is 0 Å². The van der Waals surface area contributed by atoms with E-state index in [9.17, 15) is 0 Å². The summed E-state index contributed by atoms with van der Waals surface area (Å²) in [5, 5.41) is 12.7. The van der Waals surface area contributed by atoms with Gasteiger partial charge in [-0.1, -0.05) is 166 Å². The molecule has 0 spiro atoms. The third-order valence-electron chi connectivity index (χ3n) is 12.0. The third-order valence-corrected chi connectivity index (χ3v) is 12.0. The van der Waals surface area contributed by atoms with Gasteiger partial charge in [0.15, 0.2) is 0 Å².